The van der Waals surface area contributed by atoms with Gasteiger partial charge in [0.2, 0.25) is 0 Å². The van der Waals surface area contributed by atoms with Crippen LogP contribution in [0.4, 0.5) is 13.2 Å². The van der Waals surface area contributed by atoms with Crippen LogP contribution in [0.1, 0.15) is 31.2 Å². The Morgan fingerprint density at radius 3 is 2.85 bits per heavy atom. The van der Waals surface area contributed by atoms with Crippen molar-refractivity contribution in [2.24, 2.45) is 11.8 Å². The SMILES string of the molecule is O=C1CC2C(CC[C@@H](O)COc3cccc(C(F)(F)F)c3)C(O)C[C@@H]2O1. The van der Waals surface area contributed by atoms with E-state index in [1.807, 2.05) is 0 Å². The molecule has 8 heteroatoms. The zero-order valence-corrected chi connectivity index (χ0v) is 14.0. The van der Waals surface area contributed by atoms with E-state index in [9.17, 15) is 28.2 Å². The molecule has 2 N–H and O–H groups in total. The lowest BCUT2D eigenvalue weighted by molar-refractivity contribution is -0.142. The van der Waals surface area contributed by atoms with Crippen molar-refractivity contribution in [1.29, 1.82) is 0 Å². The van der Waals surface area contributed by atoms with Gasteiger partial charge in [-0.05, 0) is 37.0 Å². The second-order valence-corrected chi connectivity index (χ2v) is 6.93. The Bertz CT molecular complexity index is 648. The first-order chi connectivity index (χ1) is 12.2. The van der Waals surface area contributed by atoms with Crippen molar-refractivity contribution in [3.05, 3.63) is 29.8 Å². The molecular formula is C18H21F3O5. The first kappa shape index (κ1) is 19.0. The van der Waals surface area contributed by atoms with Crippen LogP contribution in [0, 0.1) is 11.8 Å². The van der Waals surface area contributed by atoms with Crippen LogP contribution in [0.3, 0.4) is 0 Å². The summed E-state index contributed by atoms with van der Waals surface area (Å²) < 4.78 is 48.4. The third-order valence-electron chi connectivity index (χ3n) is 5.12. The monoisotopic (exact) mass is 374 g/mol. The second kappa shape index (κ2) is 7.44. The van der Waals surface area contributed by atoms with Gasteiger partial charge in [-0.1, -0.05) is 6.07 Å². The molecule has 0 aromatic heterocycles. The second-order valence-electron chi connectivity index (χ2n) is 6.93. The summed E-state index contributed by atoms with van der Waals surface area (Å²) in [6, 6.07) is 4.48. The summed E-state index contributed by atoms with van der Waals surface area (Å²) in [5.74, 6) is -0.385. The maximum atomic E-state index is 12.7. The molecule has 26 heavy (non-hydrogen) atoms. The molecule has 0 amide bonds. The van der Waals surface area contributed by atoms with E-state index in [0.29, 0.717) is 19.3 Å². The van der Waals surface area contributed by atoms with E-state index >= 15 is 0 Å². The van der Waals surface area contributed by atoms with Gasteiger partial charge in [0.15, 0.2) is 0 Å². The maximum absolute atomic E-state index is 12.7. The molecule has 3 unspecified atom stereocenters. The molecule has 2 fully saturated rings. The van der Waals surface area contributed by atoms with Gasteiger partial charge < -0.3 is 19.7 Å². The largest absolute Gasteiger partial charge is 0.491 e. The fourth-order valence-corrected chi connectivity index (χ4v) is 3.81. The predicted molar refractivity (Wildman–Crippen MR) is 84.3 cm³/mol. The summed E-state index contributed by atoms with van der Waals surface area (Å²) in [7, 11) is 0. The number of hydrogen-bond donors (Lipinski definition) is 2. The number of esters is 1. The molecule has 1 heterocycles. The molecule has 144 valence electrons. The van der Waals surface area contributed by atoms with Gasteiger partial charge in [0.1, 0.15) is 18.5 Å². The fourth-order valence-electron chi connectivity index (χ4n) is 3.81. The van der Waals surface area contributed by atoms with Crippen LogP contribution in [0.5, 0.6) is 5.75 Å². The van der Waals surface area contributed by atoms with E-state index in [2.05, 4.69) is 0 Å². The molecular weight excluding hydrogens is 353 g/mol. The zero-order chi connectivity index (χ0) is 18.9. The lowest BCUT2D eigenvalue weighted by Crippen LogP contribution is -2.24. The van der Waals surface area contributed by atoms with Crippen LogP contribution in [-0.2, 0) is 15.7 Å². The number of benzene rings is 1. The number of aliphatic hydroxyl groups excluding tert-OH is 2. The van der Waals surface area contributed by atoms with E-state index in [4.69, 9.17) is 9.47 Å². The Kier molecular flexibility index (Phi) is 5.43. The standard InChI is InChI=1S/C18H21F3O5/c19-18(20,21)10-2-1-3-12(6-10)25-9-11(22)4-5-13-14-7-17(24)26-16(14)8-15(13)23/h1-3,6,11,13-16,22-23H,4-5,7-9H2/t11-,13?,14?,15?,16+/m1/s1. The average Bonchev–Trinajstić information content (AvgIpc) is 3.05. The van der Waals surface area contributed by atoms with Crippen molar-refractivity contribution in [3.8, 4) is 5.75 Å². The number of aliphatic hydroxyl groups is 2. The van der Waals surface area contributed by atoms with Crippen molar-refractivity contribution < 1.29 is 37.7 Å². The van der Waals surface area contributed by atoms with E-state index in [1.165, 1.54) is 12.1 Å². The number of rotatable bonds is 6. The van der Waals surface area contributed by atoms with Crippen molar-refractivity contribution in [2.45, 2.75) is 50.2 Å². The van der Waals surface area contributed by atoms with Gasteiger partial charge in [-0.25, -0.2) is 0 Å². The molecule has 5 atom stereocenters. The number of alkyl halides is 3. The van der Waals surface area contributed by atoms with Gasteiger partial charge >= 0.3 is 12.1 Å². The van der Waals surface area contributed by atoms with Crippen molar-refractivity contribution in [1.82, 2.24) is 0 Å². The van der Waals surface area contributed by atoms with Crippen molar-refractivity contribution in [3.63, 3.8) is 0 Å². The Labute approximate surface area is 148 Å². The number of hydrogen-bond acceptors (Lipinski definition) is 5. The molecule has 0 bridgehead atoms. The minimum Gasteiger partial charge on any atom is -0.491 e. The summed E-state index contributed by atoms with van der Waals surface area (Å²) in [4.78, 5) is 11.4. The number of halogens is 3. The van der Waals surface area contributed by atoms with Crippen molar-refractivity contribution in [2.75, 3.05) is 6.61 Å². The average molecular weight is 374 g/mol. The molecule has 1 saturated carbocycles. The minimum atomic E-state index is -4.45. The first-order valence-corrected chi connectivity index (χ1v) is 8.59. The summed E-state index contributed by atoms with van der Waals surface area (Å²) in [5.41, 5.74) is -0.810. The highest BCUT2D eigenvalue weighted by Gasteiger charge is 2.49. The van der Waals surface area contributed by atoms with Crippen LogP contribution in [-0.4, -0.2) is 41.1 Å². The zero-order valence-electron chi connectivity index (χ0n) is 14.0. The van der Waals surface area contributed by atoms with Gasteiger partial charge in [-0.3, -0.25) is 4.79 Å². The Morgan fingerprint density at radius 1 is 1.35 bits per heavy atom. The highest BCUT2D eigenvalue weighted by atomic mass is 19.4. The Balaban J connectivity index is 1.47. The molecule has 1 aliphatic heterocycles. The van der Waals surface area contributed by atoms with Gasteiger partial charge in [0.25, 0.3) is 0 Å². The lowest BCUT2D eigenvalue weighted by atomic mass is 9.87. The third kappa shape index (κ3) is 4.29. The van der Waals surface area contributed by atoms with Crippen molar-refractivity contribution >= 4 is 5.97 Å². The van der Waals surface area contributed by atoms with E-state index in [0.717, 1.165) is 12.1 Å². The summed E-state index contributed by atoms with van der Waals surface area (Å²) >= 11 is 0. The lowest BCUT2D eigenvalue weighted by Gasteiger charge is -2.21. The predicted octanol–water partition coefficient (Wildman–Crippen LogP) is 2.54. The van der Waals surface area contributed by atoms with Crippen LogP contribution >= 0.6 is 0 Å². The fraction of sp³-hybridized carbons (Fsp3) is 0.611. The highest BCUT2D eigenvalue weighted by Crippen LogP contribution is 2.43. The molecule has 0 radical (unpaired) electrons. The molecule has 1 aromatic rings. The number of fused-ring (bicyclic) bond motifs is 1. The molecule has 1 aromatic carbocycles. The quantitative estimate of drug-likeness (QED) is 0.749. The third-order valence-corrected chi connectivity index (χ3v) is 5.12. The molecule has 5 nitrogen and oxygen atoms in total. The Hall–Kier alpha value is -1.80. The summed E-state index contributed by atoms with van der Waals surface area (Å²) in [5, 5.41) is 20.1. The number of carbonyl (C=O) groups excluding carboxylic acids is 1. The van der Waals surface area contributed by atoms with Gasteiger partial charge in [-0.15, -0.1) is 0 Å². The summed E-state index contributed by atoms with van der Waals surface area (Å²) in [6.45, 7) is -0.145. The minimum absolute atomic E-state index is 0.0333. The molecule has 3 rings (SSSR count). The van der Waals surface area contributed by atoms with Crippen LogP contribution < -0.4 is 4.74 Å². The van der Waals surface area contributed by atoms with Gasteiger partial charge in [-0.2, -0.15) is 13.2 Å². The maximum Gasteiger partial charge on any atom is 0.416 e. The smallest absolute Gasteiger partial charge is 0.416 e. The van der Waals surface area contributed by atoms with E-state index in [1.54, 1.807) is 0 Å². The van der Waals surface area contributed by atoms with Crippen LogP contribution in [0.15, 0.2) is 24.3 Å². The van der Waals surface area contributed by atoms with E-state index in [-0.39, 0.29) is 42.7 Å². The molecule has 0 spiro atoms. The highest BCUT2D eigenvalue weighted by molar-refractivity contribution is 5.72. The topological polar surface area (TPSA) is 76.0 Å². The first-order valence-electron chi connectivity index (χ1n) is 8.59. The normalized spacial score (nSPS) is 29.3. The Morgan fingerprint density at radius 2 is 2.12 bits per heavy atom. The number of ether oxygens (including phenoxy) is 2. The molecule has 2 aliphatic rings. The van der Waals surface area contributed by atoms with Crippen LogP contribution in [0.25, 0.3) is 0 Å². The molecule has 1 aliphatic carbocycles. The number of carbonyl (C=O) groups is 1. The van der Waals surface area contributed by atoms with Crippen LogP contribution in [0.2, 0.25) is 0 Å². The van der Waals surface area contributed by atoms with Gasteiger partial charge in [0.05, 0.1) is 24.2 Å². The van der Waals surface area contributed by atoms with Gasteiger partial charge in [0, 0.05) is 12.3 Å². The van der Waals surface area contributed by atoms with E-state index < -0.39 is 23.9 Å². The summed E-state index contributed by atoms with van der Waals surface area (Å²) in [6.07, 6.45) is -4.65. The molecule has 1 saturated heterocycles.